The molecule has 3 aromatic rings. The quantitative estimate of drug-likeness (QED) is 0.498. The number of aromatic nitrogens is 1. The number of nitrogens with one attached hydrogen (secondary N) is 2. The minimum Gasteiger partial charge on any atom is -0.357 e. The molecule has 0 aliphatic carbocycles. The van der Waals surface area contributed by atoms with E-state index in [1.807, 2.05) is 36.4 Å². The molecule has 134 valence electrons. The molecule has 2 aromatic carbocycles. The van der Waals surface area contributed by atoms with Crippen LogP contribution in [0.1, 0.15) is 28.1 Å². The molecule has 1 heterocycles. The second-order valence-electron chi connectivity index (χ2n) is 6.34. The van der Waals surface area contributed by atoms with Crippen LogP contribution in [0, 0.1) is 6.92 Å². The number of anilines is 1. The maximum Gasteiger partial charge on any atom is 0.229 e. The normalized spacial score (nSPS) is 11.3. The first-order valence-electron chi connectivity index (χ1n) is 8.16. The number of hydrogen-bond donors (Lipinski definition) is 2. The first-order valence-corrected chi connectivity index (χ1v) is 10.5. The largest absolute Gasteiger partial charge is 0.357 e. The zero-order valence-electron chi connectivity index (χ0n) is 14.6. The molecule has 0 unspecified atom stereocenters. The Morgan fingerprint density at radius 1 is 1.00 bits per heavy atom. The van der Waals surface area contributed by atoms with Gasteiger partial charge >= 0.3 is 0 Å². The van der Waals surface area contributed by atoms with E-state index in [9.17, 15) is 8.42 Å². The SMILES string of the molecule is Cc1ccc(C(=S)c2ccc(Cc3ccc(NS(C)(=O)=O)cc3)[nH]2)cc1. The Kier molecular flexibility index (Phi) is 5.25. The number of aromatic amines is 1. The Hall–Kier alpha value is -2.44. The Morgan fingerprint density at radius 2 is 1.65 bits per heavy atom. The van der Waals surface area contributed by atoms with Crippen LogP contribution >= 0.6 is 12.2 Å². The van der Waals surface area contributed by atoms with Crippen molar-refractivity contribution in [1.29, 1.82) is 0 Å². The van der Waals surface area contributed by atoms with Crippen molar-refractivity contribution in [2.75, 3.05) is 11.0 Å². The van der Waals surface area contributed by atoms with Crippen LogP contribution in [-0.2, 0) is 16.4 Å². The van der Waals surface area contributed by atoms with Crippen molar-refractivity contribution in [3.8, 4) is 0 Å². The second kappa shape index (κ2) is 7.43. The lowest BCUT2D eigenvalue weighted by Crippen LogP contribution is -2.09. The third-order valence-electron chi connectivity index (χ3n) is 3.96. The Balaban J connectivity index is 1.70. The van der Waals surface area contributed by atoms with E-state index in [0.29, 0.717) is 5.69 Å². The molecule has 0 aliphatic rings. The smallest absolute Gasteiger partial charge is 0.229 e. The first-order chi connectivity index (χ1) is 12.3. The van der Waals surface area contributed by atoms with Crippen molar-refractivity contribution in [1.82, 2.24) is 4.98 Å². The highest BCUT2D eigenvalue weighted by Crippen LogP contribution is 2.16. The third-order valence-corrected chi connectivity index (χ3v) is 5.02. The number of benzene rings is 2. The lowest BCUT2D eigenvalue weighted by atomic mass is 10.1. The minimum absolute atomic E-state index is 0.559. The van der Waals surface area contributed by atoms with Gasteiger partial charge in [-0.05, 0) is 42.3 Å². The third kappa shape index (κ3) is 4.80. The monoisotopic (exact) mass is 384 g/mol. The van der Waals surface area contributed by atoms with Crippen molar-refractivity contribution in [3.63, 3.8) is 0 Å². The zero-order valence-corrected chi connectivity index (χ0v) is 16.2. The van der Waals surface area contributed by atoms with E-state index in [4.69, 9.17) is 12.2 Å². The highest BCUT2D eigenvalue weighted by Gasteiger charge is 2.08. The standard InChI is InChI=1S/C20H20N2O2S2/c1-14-3-7-16(8-4-14)20(25)19-12-11-18(21-19)13-15-5-9-17(10-6-15)22-26(2,23)24/h3-12,21-22H,13H2,1-2H3. The molecular weight excluding hydrogens is 364 g/mol. The average Bonchev–Trinajstić information content (AvgIpc) is 3.04. The molecule has 0 saturated heterocycles. The Labute approximate surface area is 159 Å². The van der Waals surface area contributed by atoms with Gasteiger partial charge in [-0.3, -0.25) is 4.72 Å². The van der Waals surface area contributed by atoms with Crippen LogP contribution in [0.3, 0.4) is 0 Å². The molecule has 0 radical (unpaired) electrons. The molecule has 0 saturated carbocycles. The van der Waals surface area contributed by atoms with E-state index in [2.05, 4.69) is 28.8 Å². The van der Waals surface area contributed by atoms with E-state index in [1.54, 1.807) is 12.1 Å². The summed E-state index contributed by atoms with van der Waals surface area (Å²) in [6.45, 7) is 2.05. The summed E-state index contributed by atoms with van der Waals surface area (Å²) >= 11 is 5.58. The number of H-pyrrole nitrogens is 1. The summed E-state index contributed by atoms with van der Waals surface area (Å²) in [5.41, 5.74) is 5.85. The maximum atomic E-state index is 11.3. The second-order valence-corrected chi connectivity index (χ2v) is 8.50. The van der Waals surface area contributed by atoms with Crippen LogP contribution in [0.25, 0.3) is 0 Å². The molecule has 0 bridgehead atoms. The molecule has 3 rings (SSSR count). The summed E-state index contributed by atoms with van der Waals surface area (Å²) in [5.74, 6) is 0. The summed E-state index contributed by atoms with van der Waals surface area (Å²) in [5, 5.41) is 0. The van der Waals surface area contributed by atoms with Crippen LogP contribution in [0.15, 0.2) is 60.7 Å². The number of sulfonamides is 1. The lowest BCUT2D eigenvalue weighted by molar-refractivity contribution is 0.607. The Morgan fingerprint density at radius 3 is 2.27 bits per heavy atom. The van der Waals surface area contributed by atoms with E-state index < -0.39 is 10.0 Å². The fraction of sp³-hybridized carbons (Fsp3) is 0.150. The molecule has 26 heavy (non-hydrogen) atoms. The van der Waals surface area contributed by atoms with Crippen LogP contribution in [0.4, 0.5) is 5.69 Å². The molecule has 6 heteroatoms. The fourth-order valence-corrected chi connectivity index (χ4v) is 3.48. The van der Waals surface area contributed by atoms with Crippen molar-refractivity contribution in [2.24, 2.45) is 0 Å². The highest BCUT2D eigenvalue weighted by molar-refractivity contribution is 7.92. The Bertz CT molecular complexity index is 1020. The molecule has 0 atom stereocenters. The van der Waals surface area contributed by atoms with Gasteiger partial charge < -0.3 is 4.98 Å². The van der Waals surface area contributed by atoms with E-state index in [1.165, 1.54) is 5.56 Å². The zero-order chi connectivity index (χ0) is 18.7. The van der Waals surface area contributed by atoms with Crippen LogP contribution in [-0.4, -0.2) is 24.5 Å². The number of thiocarbonyl (C=S) groups is 1. The highest BCUT2D eigenvalue weighted by atomic mass is 32.2. The first kappa shape index (κ1) is 18.4. The molecular formula is C20H20N2O2S2. The van der Waals surface area contributed by atoms with E-state index in [-0.39, 0.29) is 0 Å². The summed E-state index contributed by atoms with van der Waals surface area (Å²) < 4.78 is 25.0. The molecule has 0 aliphatic heterocycles. The van der Waals surface area contributed by atoms with Gasteiger partial charge in [-0.15, -0.1) is 0 Å². The summed E-state index contributed by atoms with van der Waals surface area (Å²) in [6, 6.07) is 19.5. The predicted molar refractivity (Wildman–Crippen MR) is 110 cm³/mol. The summed E-state index contributed by atoms with van der Waals surface area (Å²) in [7, 11) is -3.25. The number of hydrogen-bond acceptors (Lipinski definition) is 3. The van der Waals surface area contributed by atoms with Gasteiger partial charge in [0.15, 0.2) is 0 Å². The molecule has 0 amide bonds. The molecule has 4 nitrogen and oxygen atoms in total. The van der Waals surface area contributed by atoms with Crippen molar-refractivity contribution in [2.45, 2.75) is 13.3 Å². The average molecular weight is 385 g/mol. The van der Waals surface area contributed by atoms with Gasteiger partial charge in [-0.1, -0.05) is 54.2 Å². The van der Waals surface area contributed by atoms with Gasteiger partial charge in [0, 0.05) is 17.8 Å². The van der Waals surface area contributed by atoms with Gasteiger partial charge in [0.05, 0.1) is 16.8 Å². The topological polar surface area (TPSA) is 62.0 Å². The van der Waals surface area contributed by atoms with Gasteiger partial charge in [-0.25, -0.2) is 8.42 Å². The van der Waals surface area contributed by atoms with Crippen molar-refractivity contribution >= 4 is 32.8 Å². The van der Waals surface area contributed by atoms with Gasteiger partial charge in [0.1, 0.15) is 0 Å². The number of aryl methyl sites for hydroxylation is 1. The minimum atomic E-state index is -3.25. The molecule has 0 spiro atoms. The molecule has 0 fully saturated rings. The maximum absolute atomic E-state index is 11.3. The van der Waals surface area contributed by atoms with Gasteiger partial charge in [0.25, 0.3) is 0 Å². The number of rotatable bonds is 6. The van der Waals surface area contributed by atoms with E-state index in [0.717, 1.165) is 40.1 Å². The van der Waals surface area contributed by atoms with Gasteiger partial charge in [0.2, 0.25) is 10.0 Å². The van der Waals surface area contributed by atoms with Crippen molar-refractivity contribution < 1.29 is 8.42 Å². The fourth-order valence-electron chi connectivity index (χ4n) is 2.66. The molecule has 1 aromatic heterocycles. The molecule has 2 N–H and O–H groups in total. The lowest BCUT2D eigenvalue weighted by Gasteiger charge is -2.05. The predicted octanol–water partition coefficient (Wildman–Crippen LogP) is 4.05. The summed E-state index contributed by atoms with van der Waals surface area (Å²) in [6.07, 6.45) is 1.86. The van der Waals surface area contributed by atoms with Crippen LogP contribution in [0.5, 0.6) is 0 Å². The van der Waals surface area contributed by atoms with Crippen LogP contribution < -0.4 is 4.72 Å². The van der Waals surface area contributed by atoms with Crippen LogP contribution in [0.2, 0.25) is 0 Å². The summed E-state index contributed by atoms with van der Waals surface area (Å²) in [4.78, 5) is 4.17. The van der Waals surface area contributed by atoms with E-state index >= 15 is 0 Å². The van der Waals surface area contributed by atoms with Gasteiger partial charge in [-0.2, -0.15) is 0 Å². The van der Waals surface area contributed by atoms with Crippen molar-refractivity contribution in [3.05, 3.63) is 88.7 Å².